The molecule has 4 heteroatoms. The molecule has 1 N–H and O–H groups in total. The summed E-state index contributed by atoms with van der Waals surface area (Å²) in [5.41, 5.74) is 0.710. The number of rotatable bonds is 4. The highest BCUT2D eigenvalue weighted by Gasteiger charge is 2.23. The highest BCUT2D eigenvalue weighted by atomic mass is 16.6. The lowest BCUT2D eigenvalue weighted by molar-refractivity contribution is -0.153. The first kappa shape index (κ1) is 10.9. The Kier molecular flexibility index (Phi) is 4.33. The molecule has 12 heavy (non-hydrogen) atoms. The average Bonchev–Trinajstić information content (AvgIpc) is 1.84. The lowest BCUT2D eigenvalue weighted by Gasteiger charge is -2.13. The summed E-state index contributed by atoms with van der Waals surface area (Å²) < 4.78 is 0. The number of carboxylic acids is 1. The van der Waals surface area contributed by atoms with Gasteiger partial charge in [0.15, 0.2) is 0 Å². The van der Waals surface area contributed by atoms with Crippen molar-refractivity contribution in [3.63, 3.8) is 0 Å². The first-order valence-electron chi connectivity index (χ1n) is 3.85. The van der Waals surface area contributed by atoms with E-state index in [2.05, 4.69) is 5.16 Å². The third-order valence-electron chi connectivity index (χ3n) is 1.20. The van der Waals surface area contributed by atoms with Gasteiger partial charge in [-0.05, 0) is 13.8 Å². The van der Waals surface area contributed by atoms with Crippen molar-refractivity contribution < 1.29 is 14.7 Å². The van der Waals surface area contributed by atoms with Crippen LogP contribution in [0.1, 0.15) is 27.7 Å². The molecule has 0 amide bonds. The maximum Gasteiger partial charge on any atom is 0.348 e. The van der Waals surface area contributed by atoms with Crippen LogP contribution >= 0.6 is 0 Å². The van der Waals surface area contributed by atoms with Crippen molar-refractivity contribution in [3.8, 4) is 0 Å². The SMILES string of the molecule is CC(C)=NOC(C(=O)O)C(C)C. The Labute approximate surface area is 72.2 Å². The van der Waals surface area contributed by atoms with Crippen LogP contribution in [0.2, 0.25) is 0 Å². The third kappa shape index (κ3) is 3.95. The largest absolute Gasteiger partial charge is 0.478 e. The minimum Gasteiger partial charge on any atom is -0.478 e. The summed E-state index contributed by atoms with van der Waals surface area (Å²) in [7, 11) is 0. The second-order valence-electron chi connectivity index (χ2n) is 3.15. The molecule has 0 rings (SSSR count). The Morgan fingerprint density at radius 3 is 2.17 bits per heavy atom. The zero-order valence-electron chi connectivity index (χ0n) is 7.87. The van der Waals surface area contributed by atoms with Crippen molar-refractivity contribution in [1.82, 2.24) is 0 Å². The molecule has 0 aromatic heterocycles. The van der Waals surface area contributed by atoms with E-state index < -0.39 is 12.1 Å². The van der Waals surface area contributed by atoms with Crippen molar-refractivity contribution in [2.24, 2.45) is 11.1 Å². The molecule has 0 aliphatic rings. The van der Waals surface area contributed by atoms with Crippen LogP contribution in [0, 0.1) is 5.92 Å². The third-order valence-corrected chi connectivity index (χ3v) is 1.20. The lowest BCUT2D eigenvalue weighted by atomic mass is 10.1. The van der Waals surface area contributed by atoms with E-state index in [0.29, 0.717) is 5.71 Å². The number of carbonyl (C=O) groups is 1. The molecular weight excluding hydrogens is 158 g/mol. The van der Waals surface area contributed by atoms with E-state index in [9.17, 15) is 4.79 Å². The Hall–Kier alpha value is -1.06. The van der Waals surface area contributed by atoms with Gasteiger partial charge in [-0.1, -0.05) is 19.0 Å². The van der Waals surface area contributed by atoms with Crippen molar-refractivity contribution in [2.45, 2.75) is 33.8 Å². The zero-order chi connectivity index (χ0) is 9.72. The second-order valence-corrected chi connectivity index (χ2v) is 3.15. The van der Waals surface area contributed by atoms with Gasteiger partial charge in [-0.2, -0.15) is 0 Å². The van der Waals surface area contributed by atoms with Crippen LogP contribution in [-0.4, -0.2) is 22.9 Å². The van der Waals surface area contributed by atoms with Crippen LogP contribution in [0.5, 0.6) is 0 Å². The molecule has 0 aromatic rings. The standard InChI is InChI=1S/C8H15NO3/c1-5(2)7(8(10)11)12-9-6(3)4/h5,7H,1-4H3,(H,10,11). The topological polar surface area (TPSA) is 58.9 Å². The van der Waals surface area contributed by atoms with Gasteiger partial charge in [0.25, 0.3) is 0 Å². The van der Waals surface area contributed by atoms with Gasteiger partial charge >= 0.3 is 5.97 Å². The number of hydrogen-bond donors (Lipinski definition) is 1. The van der Waals surface area contributed by atoms with Gasteiger partial charge in [0, 0.05) is 5.92 Å². The van der Waals surface area contributed by atoms with Crippen LogP contribution in [0.3, 0.4) is 0 Å². The number of carboxylic acid groups (broad SMARTS) is 1. The van der Waals surface area contributed by atoms with Gasteiger partial charge in [0.2, 0.25) is 6.10 Å². The molecule has 0 spiro atoms. The van der Waals surface area contributed by atoms with E-state index in [1.807, 2.05) is 0 Å². The monoisotopic (exact) mass is 173 g/mol. The molecule has 0 radical (unpaired) electrons. The van der Waals surface area contributed by atoms with Crippen LogP contribution in [0.25, 0.3) is 0 Å². The molecule has 0 saturated carbocycles. The van der Waals surface area contributed by atoms with Crippen LogP contribution in [0.4, 0.5) is 0 Å². The summed E-state index contributed by atoms with van der Waals surface area (Å²) in [5, 5.41) is 12.3. The van der Waals surface area contributed by atoms with E-state index in [1.54, 1.807) is 27.7 Å². The zero-order valence-corrected chi connectivity index (χ0v) is 7.87. The van der Waals surface area contributed by atoms with Gasteiger partial charge in [-0.3, -0.25) is 0 Å². The summed E-state index contributed by atoms with van der Waals surface area (Å²) in [6.45, 7) is 7.05. The first-order chi connectivity index (χ1) is 5.45. The van der Waals surface area contributed by atoms with E-state index in [0.717, 1.165) is 0 Å². The van der Waals surface area contributed by atoms with Crippen LogP contribution < -0.4 is 0 Å². The molecule has 0 fully saturated rings. The predicted molar refractivity (Wildman–Crippen MR) is 46.1 cm³/mol. The van der Waals surface area contributed by atoms with Gasteiger partial charge in [-0.25, -0.2) is 4.79 Å². The fraction of sp³-hybridized carbons (Fsp3) is 0.750. The maximum absolute atomic E-state index is 10.6. The number of aliphatic carboxylic acids is 1. The molecular formula is C8H15NO3. The fourth-order valence-corrected chi connectivity index (χ4v) is 0.614. The Balaban J connectivity index is 4.15. The summed E-state index contributed by atoms with van der Waals surface area (Å²) in [4.78, 5) is 15.4. The Morgan fingerprint density at radius 2 is 1.92 bits per heavy atom. The summed E-state index contributed by atoms with van der Waals surface area (Å²) in [6.07, 6.45) is -0.847. The van der Waals surface area contributed by atoms with E-state index in [-0.39, 0.29) is 5.92 Å². The van der Waals surface area contributed by atoms with Crippen molar-refractivity contribution in [1.29, 1.82) is 0 Å². The Morgan fingerprint density at radius 1 is 1.42 bits per heavy atom. The molecule has 4 nitrogen and oxygen atoms in total. The molecule has 0 aromatic carbocycles. The minimum atomic E-state index is -0.977. The molecule has 0 heterocycles. The summed E-state index contributed by atoms with van der Waals surface area (Å²) in [5.74, 6) is -1.06. The predicted octanol–water partition coefficient (Wildman–Crippen LogP) is 1.51. The van der Waals surface area contributed by atoms with Crippen LogP contribution in [0.15, 0.2) is 5.16 Å². The van der Waals surface area contributed by atoms with Crippen molar-refractivity contribution in [2.75, 3.05) is 0 Å². The van der Waals surface area contributed by atoms with Crippen molar-refractivity contribution >= 4 is 11.7 Å². The van der Waals surface area contributed by atoms with E-state index >= 15 is 0 Å². The van der Waals surface area contributed by atoms with Crippen molar-refractivity contribution in [3.05, 3.63) is 0 Å². The quantitative estimate of drug-likeness (QED) is 0.517. The molecule has 0 aliphatic heterocycles. The fourth-order valence-electron chi connectivity index (χ4n) is 0.614. The second kappa shape index (κ2) is 4.74. The normalized spacial score (nSPS) is 12.4. The first-order valence-corrected chi connectivity index (χ1v) is 3.85. The highest BCUT2D eigenvalue weighted by Crippen LogP contribution is 2.07. The molecule has 1 atom stereocenters. The van der Waals surface area contributed by atoms with Gasteiger partial charge < -0.3 is 9.94 Å². The maximum atomic E-state index is 10.6. The number of hydrogen-bond acceptors (Lipinski definition) is 3. The average molecular weight is 173 g/mol. The van der Waals surface area contributed by atoms with Gasteiger partial charge in [0.05, 0.1) is 5.71 Å². The molecule has 0 saturated heterocycles. The van der Waals surface area contributed by atoms with E-state index in [1.165, 1.54) is 0 Å². The van der Waals surface area contributed by atoms with E-state index in [4.69, 9.17) is 9.94 Å². The molecule has 70 valence electrons. The number of nitrogens with zero attached hydrogens (tertiary/aromatic N) is 1. The summed E-state index contributed by atoms with van der Waals surface area (Å²) in [6, 6.07) is 0. The van der Waals surface area contributed by atoms with Gasteiger partial charge in [0.1, 0.15) is 0 Å². The molecule has 0 bridgehead atoms. The number of oxime groups is 1. The minimum absolute atomic E-state index is 0.0781. The highest BCUT2D eigenvalue weighted by molar-refractivity contribution is 5.78. The smallest absolute Gasteiger partial charge is 0.348 e. The molecule has 1 unspecified atom stereocenters. The molecule has 0 aliphatic carbocycles. The summed E-state index contributed by atoms with van der Waals surface area (Å²) >= 11 is 0. The van der Waals surface area contributed by atoms with Crippen LogP contribution in [-0.2, 0) is 9.63 Å². The van der Waals surface area contributed by atoms with Gasteiger partial charge in [-0.15, -0.1) is 0 Å². The Bertz CT molecular complexity index is 183. The lowest BCUT2D eigenvalue weighted by Crippen LogP contribution is -2.27.